The molecule has 2 atom stereocenters. The molecule has 0 aliphatic carbocycles. The minimum Gasteiger partial charge on any atom is -0.756 e. The van der Waals surface area contributed by atoms with Crippen LogP contribution in [-0.2, 0) is 27.9 Å². The number of phosphoric acid groups is 1. The first kappa shape index (κ1) is 47.2. The molecule has 8 nitrogen and oxygen atoms in total. The maximum absolute atomic E-state index is 12.6. The van der Waals surface area contributed by atoms with Crippen LogP contribution in [0, 0.1) is 0 Å². The van der Waals surface area contributed by atoms with E-state index in [9.17, 15) is 14.3 Å². The number of phosphoric ester groups is 1. The van der Waals surface area contributed by atoms with Gasteiger partial charge in [-0.1, -0.05) is 139 Å². The number of unbranched alkanes of at least 4 members (excludes halogenated alkanes) is 10. The molecule has 49 heavy (non-hydrogen) atoms. The van der Waals surface area contributed by atoms with E-state index in [1.165, 1.54) is 51.4 Å². The van der Waals surface area contributed by atoms with Gasteiger partial charge in [0.1, 0.15) is 19.3 Å². The van der Waals surface area contributed by atoms with Crippen molar-refractivity contribution in [2.45, 2.75) is 136 Å². The Hall–Kier alpha value is -1.80. The smallest absolute Gasteiger partial charge is 0.306 e. The van der Waals surface area contributed by atoms with Gasteiger partial charge in [-0.2, -0.15) is 0 Å². The molecule has 0 aliphatic heterocycles. The van der Waals surface area contributed by atoms with E-state index in [1.807, 2.05) is 21.1 Å². The van der Waals surface area contributed by atoms with Gasteiger partial charge in [-0.3, -0.25) is 9.36 Å². The third-order valence-electron chi connectivity index (χ3n) is 7.60. The van der Waals surface area contributed by atoms with Crippen molar-refractivity contribution in [3.8, 4) is 0 Å². The Morgan fingerprint density at radius 2 is 1.14 bits per heavy atom. The molecule has 0 fully saturated rings. The van der Waals surface area contributed by atoms with Gasteiger partial charge in [0.25, 0.3) is 7.82 Å². The Balaban J connectivity index is 4.44. The maximum Gasteiger partial charge on any atom is 0.306 e. The molecule has 0 radical (unpaired) electrons. The van der Waals surface area contributed by atoms with E-state index in [0.29, 0.717) is 30.5 Å². The predicted molar refractivity (Wildman–Crippen MR) is 203 cm³/mol. The highest BCUT2D eigenvalue weighted by Crippen LogP contribution is 2.38. The van der Waals surface area contributed by atoms with Crippen LogP contribution in [0.5, 0.6) is 0 Å². The van der Waals surface area contributed by atoms with Crippen LogP contribution in [0.3, 0.4) is 0 Å². The van der Waals surface area contributed by atoms with Crippen LogP contribution in [0.1, 0.15) is 129 Å². The van der Waals surface area contributed by atoms with Gasteiger partial charge in [0.15, 0.2) is 0 Å². The van der Waals surface area contributed by atoms with Crippen LogP contribution in [0.4, 0.5) is 0 Å². The van der Waals surface area contributed by atoms with Gasteiger partial charge < -0.3 is 27.9 Å². The number of esters is 1. The van der Waals surface area contributed by atoms with Gasteiger partial charge in [0, 0.05) is 6.42 Å². The Morgan fingerprint density at radius 1 is 0.653 bits per heavy atom. The highest BCUT2D eigenvalue weighted by molar-refractivity contribution is 7.45. The van der Waals surface area contributed by atoms with E-state index >= 15 is 0 Å². The summed E-state index contributed by atoms with van der Waals surface area (Å²) in [7, 11) is 1.30. The molecule has 0 bridgehead atoms. The first-order chi connectivity index (χ1) is 23.6. The van der Waals surface area contributed by atoms with E-state index in [4.69, 9.17) is 18.5 Å². The van der Waals surface area contributed by atoms with Gasteiger partial charge >= 0.3 is 5.97 Å². The summed E-state index contributed by atoms with van der Waals surface area (Å²) in [6.07, 6.45) is 39.7. The van der Waals surface area contributed by atoms with Crippen molar-refractivity contribution in [3.63, 3.8) is 0 Å². The molecule has 0 heterocycles. The molecule has 2 unspecified atom stereocenters. The molecule has 0 rings (SSSR count). The molecule has 0 saturated carbocycles. The van der Waals surface area contributed by atoms with Crippen molar-refractivity contribution >= 4 is 13.8 Å². The zero-order valence-electron chi connectivity index (χ0n) is 31.9. The van der Waals surface area contributed by atoms with Crippen LogP contribution < -0.4 is 4.89 Å². The zero-order valence-corrected chi connectivity index (χ0v) is 32.8. The molecule has 9 heteroatoms. The van der Waals surface area contributed by atoms with Crippen molar-refractivity contribution in [2.75, 3.05) is 54.1 Å². The van der Waals surface area contributed by atoms with Gasteiger partial charge in [-0.15, -0.1) is 0 Å². The van der Waals surface area contributed by atoms with Crippen LogP contribution in [0.25, 0.3) is 0 Å². The summed E-state index contributed by atoms with van der Waals surface area (Å²) >= 11 is 0. The summed E-state index contributed by atoms with van der Waals surface area (Å²) in [6, 6.07) is 0. The van der Waals surface area contributed by atoms with Crippen molar-refractivity contribution < 1.29 is 37.3 Å². The number of nitrogens with zero attached hydrogens (tertiary/aromatic N) is 1. The summed E-state index contributed by atoms with van der Waals surface area (Å²) in [4.78, 5) is 24.9. The van der Waals surface area contributed by atoms with Gasteiger partial charge in [0.2, 0.25) is 0 Å². The average Bonchev–Trinajstić information content (AvgIpc) is 3.04. The quantitative estimate of drug-likeness (QED) is 0.0216. The van der Waals surface area contributed by atoms with Gasteiger partial charge in [0.05, 0.1) is 41.0 Å². The standard InChI is InChI=1S/C40H72NO7P/c1-6-8-10-12-14-16-18-19-20-21-22-24-26-28-30-32-35-45-37-39(38-47-49(43,44)46-36-34-41(3,4)5)48-40(42)33-31-29-27-25-23-17-15-13-11-9-7-2/h8,10,14,16,19-20,22,24,28,30,39H,6-7,9,11-13,15,17-18,21,23,25-27,29,31-38H2,1-5H3/b10-8-,16-14-,20-19-,24-22-,30-28-. The van der Waals surface area contributed by atoms with Crippen LogP contribution in [0.2, 0.25) is 0 Å². The molecular formula is C40H72NO7P. The molecule has 0 spiro atoms. The molecule has 0 N–H and O–H groups in total. The second-order valence-corrected chi connectivity index (χ2v) is 15.0. The number of carbonyl (C=O) groups excluding carboxylic acids is 1. The second-order valence-electron chi connectivity index (χ2n) is 13.6. The first-order valence-corrected chi connectivity index (χ1v) is 20.5. The maximum atomic E-state index is 12.6. The predicted octanol–water partition coefficient (Wildman–Crippen LogP) is 9.97. The molecule has 0 saturated heterocycles. The first-order valence-electron chi connectivity index (χ1n) is 19.0. The minimum atomic E-state index is -4.54. The lowest BCUT2D eigenvalue weighted by Crippen LogP contribution is -2.37. The number of carbonyl (C=O) groups is 1. The topological polar surface area (TPSA) is 94.1 Å². The van der Waals surface area contributed by atoms with Crippen LogP contribution in [0.15, 0.2) is 60.8 Å². The molecular weight excluding hydrogens is 637 g/mol. The molecule has 0 aromatic carbocycles. The number of quaternary nitrogens is 1. The highest BCUT2D eigenvalue weighted by atomic mass is 31.2. The fourth-order valence-corrected chi connectivity index (χ4v) is 5.40. The largest absolute Gasteiger partial charge is 0.756 e. The molecule has 284 valence electrons. The Kier molecular flexibility index (Phi) is 32.1. The average molecular weight is 710 g/mol. The molecule has 0 aromatic rings. The lowest BCUT2D eigenvalue weighted by molar-refractivity contribution is -0.870. The Bertz CT molecular complexity index is 968. The number of ether oxygens (including phenoxy) is 2. The second kappa shape index (κ2) is 33.3. The lowest BCUT2D eigenvalue weighted by Gasteiger charge is -2.28. The summed E-state index contributed by atoms with van der Waals surface area (Å²) in [5.74, 6) is -0.363. The normalized spacial score (nSPS) is 14.7. The molecule has 0 aliphatic rings. The summed E-state index contributed by atoms with van der Waals surface area (Å²) in [6.45, 7) is 5.03. The lowest BCUT2D eigenvalue weighted by atomic mass is 10.1. The van der Waals surface area contributed by atoms with Crippen LogP contribution >= 0.6 is 7.82 Å². The van der Waals surface area contributed by atoms with E-state index < -0.39 is 13.9 Å². The SMILES string of the molecule is CC/C=C\C/C=C\C/C=C\C/C=C\C/C=C\CCOCC(COP(=O)([O-])OCC[N+](C)(C)C)OC(=O)CCCCCCCCCCCCC. The van der Waals surface area contributed by atoms with E-state index in [0.717, 1.165) is 51.4 Å². The molecule has 0 aromatic heterocycles. The number of likely N-dealkylation sites (N-methyl/N-ethyl adjacent to an activating group) is 1. The highest BCUT2D eigenvalue weighted by Gasteiger charge is 2.20. The minimum absolute atomic E-state index is 0.0112. The van der Waals surface area contributed by atoms with Gasteiger partial charge in [-0.05, 0) is 44.9 Å². The third-order valence-corrected chi connectivity index (χ3v) is 8.57. The van der Waals surface area contributed by atoms with E-state index in [2.05, 4.69) is 74.6 Å². The number of hydrogen-bond acceptors (Lipinski definition) is 7. The number of rotatable bonds is 34. The van der Waals surface area contributed by atoms with Crippen molar-refractivity contribution in [1.29, 1.82) is 0 Å². The Labute approximate surface area is 300 Å². The summed E-state index contributed by atoms with van der Waals surface area (Å²) < 4.78 is 34.3. The van der Waals surface area contributed by atoms with Crippen molar-refractivity contribution in [2.24, 2.45) is 0 Å². The summed E-state index contributed by atoms with van der Waals surface area (Å²) in [5.41, 5.74) is 0. The van der Waals surface area contributed by atoms with Crippen molar-refractivity contribution in [3.05, 3.63) is 60.8 Å². The Morgan fingerprint density at radius 3 is 1.65 bits per heavy atom. The van der Waals surface area contributed by atoms with E-state index in [1.54, 1.807) is 0 Å². The number of hydrogen-bond donors (Lipinski definition) is 0. The summed E-state index contributed by atoms with van der Waals surface area (Å²) in [5, 5.41) is 0. The van der Waals surface area contributed by atoms with Gasteiger partial charge in [-0.25, -0.2) is 0 Å². The molecule has 0 amide bonds. The fourth-order valence-electron chi connectivity index (χ4n) is 4.67. The zero-order chi connectivity index (χ0) is 36.3. The van der Waals surface area contributed by atoms with Crippen molar-refractivity contribution in [1.82, 2.24) is 0 Å². The number of allylic oxidation sites excluding steroid dienone is 9. The monoisotopic (exact) mass is 710 g/mol. The third kappa shape index (κ3) is 37.3. The van der Waals surface area contributed by atoms with E-state index in [-0.39, 0.29) is 25.8 Å². The van der Waals surface area contributed by atoms with Crippen LogP contribution in [-0.4, -0.2) is 70.7 Å². The fraction of sp³-hybridized carbons (Fsp3) is 0.725.